The summed E-state index contributed by atoms with van der Waals surface area (Å²) in [6.45, 7) is 1.37. The van der Waals surface area contributed by atoms with E-state index in [2.05, 4.69) is 5.32 Å². The van der Waals surface area contributed by atoms with Crippen LogP contribution in [0.25, 0.3) is 0 Å². The molecule has 1 amide bonds. The van der Waals surface area contributed by atoms with E-state index >= 15 is 0 Å². The van der Waals surface area contributed by atoms with Crippen molar-refractivity contribution in [3.05, 3.63) is 58.1 Å². The van der Waals surface area contributed by atoms with Crippen molar-refractivity contribution in [2.45, 2.75) is 13.0 Å². The van der Waals surface area contributed by atoms with E-state index in [-0.39, 0.29) is 16.9 Å². The van der Waals surface area contributed by atoms with Crippen molar-refractivity contribution in [2.24, 2.45) is 0 Å². The van der Waals surface area contributed by atoms with Crippen LogP contribution in [-0.2, 0) is 9.53 Å². The first-order chi connectivity index (χ1) is 12.3. The van der Waals surface area contributed by atoms with Gasteiger partial charge in [0.1, 0.15) is 5.75 Å². The highest BCUT2D eigenvalue weighted by atomic mass is 16.6. The third-order valence-electron chi connectivity index (χ3n) is 3.49. The van der Waals surface area contributed by atoms with E-state index in [1.54, 1.807) is 24.3 Å². The molecule has 26 heavy (non-hydrogen) atoms. The summed E-state index contributed by atoms with van der Waals surface area (Å²) in [5, 5.41) is 13.4. The van der Waals surface area contributed by atoms with Gasteiger partial charge in [-0.05, 0) is 25.1 Å². The van der Waals surface area contributed by atoms with Crippen LogP contribution >= 0.6 is 0 Å². The number of non-ortho nitro benzene ring substituents is 1. The predicted octanol–water partition coefficient (Wildman–Crippen LogP) is 2.37. The molecule has 0 heterocycles. The van der Waals surface area contributed by atoms with Gasteiger partial charge in [0.05, 0.1) is 23.3 Å². The Morgan fingerprint density at radius 3 is 2.58 bits per heavy atom. The van der Waals surface area contributed by atoms with E-state index in [1.807, 2.05) is 0 Å². The number of rotatable bonds is 6. The Hall–Kier alpha value is -3.62. The summed E-state index contributed by atoms with van der Waals surface area (Å²) in [6, 6.07) is 10.1. The minimum absolute atomic E-state index is 0.0120. The average molecular weight is 359 g/mol. The smallest absolute Gasteiger partial charge is 0.341 e. The molecule has 0 aliphatic rings. The van der Waals surface area contributed by atoms with Crippen LogP contribution in [0.4, 0.5) is 17.1 Å². The van der Waals surface area contributed by atoms with E-state index in [9.17, 15) is 19.7 Å². The molecule has 2 rings (SSSR count). The molecule has 1 atom stereocenters. The van der Waals surface area contributed by atoms with Crippen molar-refractivity contribution in [1.82, 2.24) is 0 Å². The number of hydrogen-bond donors (Lipinski definition) is 2. The second-order valence-electron chi connectivity index (χ2n) is 5.27. The number of nitrogens with zero attached hydrogens (tertiary/aromatic N) is 1. The molecular formula is C17H17N3O6. The molecule has 0 bridgehead atoms. The number of nitro groups is 1. The lowest BCUT2D eigenvalue weighted by Crippen LogP contribution is -2.30. The Bertz CT molecular complexity index is 852. The molecule has 0 saturated heterocycles. The topological polar surface area (TPSA) is 134 Å². The molecule has 9 nitrogen and oxygen atoms in total. The normalized spacial score (nSPS) is 11.3. The number of nitrogens with two attached hydrogens (primary N) is 1. The first kappa shape index (κ1) is 18.7. The van der Waals surface area contributed by atoms with Gasteiger partial charge >= 0.3 is 5.97 Å². The van der Waals surface area contributed by atoms with Crippen LogP contribution in [0.1, 0.15) is 17.3 Å². The first-order valence-corrected chi connectivity index (χ1v) is 7.52. The lowest BCUT2D eigenvalue weighted by atomic mass is 10.1. The summed E-state index contributed by atoms with van der Waals surface area (Å²) in [5.74, 6) is -1.08. The monoisotopic (exact) mass is 359 g/mol. The standard InChI is InChI=1S/C17H17N3O6/c1-10(16(21)19-14-5-3-4-6-15(14)25-2)26-17(22)12-9-11(20(23)24)7-8-13(12)18/h3-10H,18H2,1-2H3,(H,19,21)/t10-/m1/s1. The van der Waals surface area contributed by atoms with E-state index < -0.39 is 22.9 Å². The summed E-state index contributed by atoms with van der Waals surface area (Å²) >= 11 is 0. The highest BCUT2D eigenvalue weighted by Crippen LogP contribution is 2.24. The fraction of sp³-hybridized carbons (Fsp3) is 0.176. The van der Waals surface area contributed by atoms with Crippen LogP contribution in [0.5, 0.6) is 5.75 Å². The third-order valence-corrected chi connectivity index (χ3v) is 3.49. The van der Waals surface area contributed by atoms with Gasteiger partial charge in [0.15, 0.2) is 6.10 Å². The molecule has 136 valence electrons. The number of esters is 1. The van der Waals surface area contributed by atoms with Crippen molar-refractivity contribution in [3.63, 3.8) is 0 Å². The van der Waals surface area contributed by atoms with Crippen LogP contribution in [0.15, 0.2) is 42.5 Å². The second-order valence-corrected chi connectivity index (χ2v) is 5.27. The molecule has 0 unspecified atom stereocenters. The number of nitrogen functional groups attached to an aromatic ring is 1. The molecule has 0 saturated carbocycles. The van der Waals surface area contributed by atoms with Gasteiger partial charge in [0.2, 0.25) is 0 Å². The Morgan fingerprint density at radius 1 is 1.23 bits per heavy atom. The van der Waals surface area contributed by atoms with Gasteiger partial charge < -0.3 is 20.5 Å². The molecular weight excluding hydrogens is 342 g/mol. The van der Waals surface area contributed by atoms with Gasteiger partial charge in [0, 0.05) is 17.8 Å². The van der Waals surface area contributed by atoms with Gasteiger partial charge in [0.25, 0.3) is 11.6 Å². The number of nitrogens with one attached hydrogen (secondary N) is 1. The zero-order chi connectivity index (χ0) is 19.3. The summed E-state index contributed by atoms with van der Waals surface area (Å²) in [5.41, 5.74) is 5.60. The maximum Gasteiger partial charge on any atom is 0.341 e. The Kier molecular flexibility index (Phi) is 5.74. The maximum atomic E-state index is 12.2. The third kappa shape index (κ3) is 4.26. The van der Waals surface area contributed by atoms with Crippen LogP contribution in [0.2, 0.25) is 0 Å². The number of ether oxygens (including phenoxy) is 2. The van der Waals surface area contributed by atoms with Crippen LogP contribution in [0, 0.1) is 10.1 Å². The number of amides is 1. The number of anilines is 2. The number of methoxy groups -OCH3 is 1. The molecule has 0 fully saturated rings. The SMILES string of the molecule is COc1ccccc1NC(=O)[C@@H](C)OC(=O)c1cc([N+](=O)[O-])ccc1N. The van der Waals surface area contributed by atoms with Gasteiger partial charge in [-0.15, -0.1) is 0 Å². The summed E-state index contributed by atoms with van der Waals surface area (Å²) in [4.78, 5) is 34.6. The number of benzene rings is 2. The van der Waals surface area contributed by atoms with Crippen molar-refractivity contribution in [3.8, 4) is 5.75 Å². The summed E-state index contributed by atoms with van der Waals surface area (Å²) in [6.07, 6.45) is -1.16. The van der Waals surface area contributed by atoms with Crippen LogP contribution in [0.3, 0.4) is 0 Å². The predicted molar refractivity (Wildman–Crippen MR) is 94.0 cm³/mol. The van der Waals surface area contributed by atoms with E-state index in [0.717, 1.165) is 6.07 Å². The van der Waals surface area contributed by atoms with Crippen LogP contribution < -0.4 is 15.8 Å². The Balaban J connectivity index is 2.10. The van der Waals surface area contributed by atoms with Gasteiger partial charge in [-0.25, -0.2) is 4.79 Å². The molecule has 0 radical (unpaired) electrons. The fourth-order valence-corrected chi connectivity index (χ4v) is 2.09. The second kappa shape index (κ2) is 7.97. The number of nitro benzene ring substituents is 1. The zero-order valence-corrected chi connectivity index (χ0v) is 14.1. The van der Waals surface area contributed by atoms with E-state index in [0.29, 0.717) is 11.4 Å². The fourth-order valence-electron chi connectivity index (χ4n) is 2.09. The number of carbonyl (C=O) groups excluding carboxylic acids is 2. The minimum Gasteiger partial charge on any atom is -0.495 e. The molecule has 9 heteroatoms. The largest absolute Gasteiger partial charge is 0.495 e. The molecule has 0 aromatic heterocycles. The summed E-state index contributed by atoms with van der Waals surface area (Å²) < 4.78 is 10.2. The number of hydrogen-bond acceptors (Lipinski definition) is 7. The highest BCUT2D eigenvalue weighted by Gasteiger charge is 2.23. The lowest BCUT2D eigenvalue weighted by molar-refractivity contribution is -0.384. The van der Waals surface area contributed by atoms with Gasteiger partial charge in [-0.2, -0.15) is 0 Å². The van der Waals surface area contributed by atoms with Crippen LogP contribution in [-0.4, -0.2) is 30.0 Å². The van der Waals surface area contributed by atoms with Crippen molar-refractivity contribution in [2.75, 3.05) is 18.2 Å². The Morgan fingerprint density at radius 2 is 1.92 bits per heavy atom. The molecule has 0 aliphatic heterocycles. The Labute approximate surface area is 148 Å². The lowest BCUT2D eigenvalue weighted by Gasteiger charge is -2.15. The molecule has 2 aromatic rings. The minimum atomic E-state index is -1.16. The van der Waals surface area contributed by atoms with Gasteiger partial charge in [-0.3, -0.25) is 14.9 Å². The molecule has 2 aromatic carbocycles. The maximum absolute atomic E-state index is 12.2. The number of para-hydroxylation sites is 2. The van der Waals surface area contributed by atoms with Crippen molar-refractivity contribution in [1.29, 1.82) is 0 Å². The molecule has 0 aliphatic carbocycles. The zero-order valence-electron chi connectivity index (χ0n) is 14.1. The molecule has 0 spiro atoms. The van der Waals surface area contributed by atoms with E-state index in [4.69, 9.17) is 15.2 Å². The number of carbonyl (C=O) groups is 2. The molecule has 3 N–H and O–H groups in total. The van der Waals surface area contributed by atoms with Gasteiger partial charge in [-0.1, -0.05) is 12.1 Å². The van der Waals surface area contributed by atoms with Crippen molar-refractivity contribution >= 4 is 28.9 Å². The first-order valence-electron chi connectivity index (χ1n) is 7.52. The van der Waals surface area contributed by atoms with E-state index in [1.165, 1.54) is 26.2 Å². The summed E-state index contributed by atoms with van der Waals surface area (Å²) in [7, 11) is 1.46. The average Bonchev–Trinajstić information content (AvgIpc) is 2.62. The van der Waals surface area contributed by atoms with Crippen molar-refractivity contribution < 1.29 is 24.0 Å². The quantitative estimate of drug-likeness (QED) is 0.350. The highest BCUT2D eigenvalue weighted by molar-refractivity contribution is 6.00.